The van der Waals surface area contributed by atoms with E-state index in [2.05, 4.69) is 5.32 Å². The molecular formula is C10H23NO. The highest BCUT2D eigenvalue weighted by Crippen LogP contribution is 2.14. The molecule has 2 heteroatoms. The van der Waals surface area contributed by atoms with E-state index >= 15 is 0 Å². The first kappa shape index (κ1) is 14.0. The zero-order valence-electron chi connectivity index (χ0n) is 8.41. The molecule has 0 radical (unpaired) electrons. The van der Waals surface area contributed by atoms with Crippen molar-refractivity contribution in [2.45, 2.75) is 54.5 Å². The second-order valence-electron chi connectivity index (χ2n) is 4.95. The third-order valence-electron chi connectivity index (χ3n) is 1.17. The molecule has 1 amide bonds. The normalized spacial score (nSPS) is 11.8. The second kappa shape index (κ2) is 3.92. The van der Waals surface area contributed by atoms with Crippen LogP contribution in [0, 0.1) is 5.41 Å². The van der Waals surface area contributed by atoms with Gasteiger partial charge in [-0.3, -0.25) is 4.79 Å². The van der Waals surface area contributed by atoms with Gasteiger partial charge in [0.05, 0.1) is 0 Å². The van der Waals surface area contributed by atoms with Gasteiger partial charge >= 0.3 is 0 Å². The molecule has 0 aliphatic heterocycles. The molecular weight excluding hydrogens is 150 g/mol. The summed E-state index contributed by atoms with van der Waals surface area (Å²) in [6.07, 6.45) is 0. The average molecular weight is 173 g/mol. The van der Waals surface area contributed by atoms with Gasteiger partial charge in [-0.2, -0.15) is 0 Å². The van der Waals surface area contributed by atoms with Gasteiger partial charge in [0, 0.05) is 11.0 Å². The van der Waals surface area contributed by atoms with E-state index in [1.165, 1.54) is 0 Å². The van der Waals surface area contributed by atoms with Gasteiger partial charge in [-0.05, 0) is 20.8 Å². The van der Waals surface area contributed by atoms with Crippen LogP contribution in [0.3, 0.4) is 0 Å². The molecule has 0 spiro atoms. The van der Waals surface area contributed by atoms with E-state index in [0.717, 1.165) is 0 Å². The summed E-state index contributed by atoms with van der Waals surface area (Å²) in [7, 11) is 0. The Morgan fingerprint density at radius 1 is 1.00 bits per heavy atom. The first-order valence-corrected chi connectivity index (χ1v) is 3.95. The number of carbonyl (C=O) groups is 1. The topological polar surface area (TPSA) is 29.1 Å². The van der Waals surface area contributed by atoms with Gasteiger partial charge in [0.1, 0.15) is 0 Å². The number of hydrogen-bond acceptors (Lipinski definition) is 1. The number of rotatable bonds is 0. The Hall–Kier alpha value is -0.530. The van der Waals surface area contributed by atoms with Crippen LogP contribution in [0.4, 0.5) is 0 Å². The van der Waals surface area contributed by atoms with Crippen molar-refractivity contribution in [2.24, 2.45) is 5.41 Å². The molecule has 0 bridgehead atoms. The molecule has 0 saturated carbocycles. The van der Waals surface area contributed by atoms with E-state index in [-0.39, 0.29) is 24.3 Å². The summed E-state index contributed by atoms with van der Waals surface area (Å²) in [6, 6.07) is 0. The fourth-order valence-corrected chi connectivity index (χ4v) is 0.528. The lowest BCUT2D eigenvalue weighted by molar-refractivity contribution is -0.130. The maximum absolute atomic E-state index is 11.4. The minimum absolute atomic E-state index is 0. The third kappa shape index (κ3) is 6.20. The van der Waals surface area contributed by atoms with E-state index in [1.807, 2.05) is 41.5 Å². The summed E-state index contributed by atoms with van der Waals surface area (Å²) in [5.74, 6) is 0.102. The largest absolute Gasteiger partial charge is 0.351 e. The highest BCUT2D eigenvalue weighted by molar-refractivity contribution is 5.81. The zero-order valence-corrected chi connectivity index (χ0v) is 8.41. The lowest BCUT2D eigenvalue weighted by atomic mass is 9.94. The first-order chi connectivity index (χ1) is 4.63. The molecule has 0 aromatic carbocycles. The molecule has 0 rings (SSSR count). The Balaban J connectivity index is 0. The van der Waals surface area contributed by atoms with Crippen molar-refractivity contribution in [1.82, 2.24) is 5.32 Å². The lowest BCUT2D eigenvalue weighted by Crippen LogP contribution is -2.46. The van der Waals surface area contributed by atoms with Crippen LogP contribution in [0.5, 0.6) is 0 Å². The van der Waals surface area contributed by atoms with Crippen LogP contribution < -0.4 is 5.32 Å². The quantitative estimate of drug-likeness (QED) is 0.599. The number of carbonyl (C=O) groups excluding carboxylic acids is 1. The van der Waals surface area contributed by atoms with Gasteiger partial charge in [-0.15, -0.1) is 0 Å². The molecule has 0 aliphatic rings. The van der Waals surface area contributed by atoms with Gasteiger partial charge in [0.2, 0.25) is 5.91 Å². The molecule has 0 aromatic rings. The van der Waals surface area contributed by atoms with Gasteiger partial charge in [-0.1, -0.05) is 28.2 Å². The SMILES string of the molecule is C.CC(C)(C)NC(=O)C(C)(C)C. The second-order valence-corrected chi connectivity index (χ2v) is 4.95. The van der Waals surface area contributed by atoms with Crippen LogP contribution >= 0.6 is 0 Å². The molecule has 74 valence electrons. The summed E-state index contributed by atoms with van der Waals surface area (Å²) < 4.78 is 0. The summed E-state index contributed by atoms with van der Waals surface area (Å²) >= 11 is 0. The van der Waals surface area contributed by atoms with Crippen molar-refractivity contribution in [3.63, 3.8) is 0 Å². The van der Waals surface area contributed by atoms with Crippen molar-refractivity contribution >= 4 is 5.91 Å². The minimum atomic E-state index is -0.284. The minimum Gasteiger partial charge on any atom is -0.351 e. The van der Waals surface area contributed by atoms with Crippen LogP contribution in [-0.4, -0.2) is 11.4 Å². The molecule has 12 heavy (non-hydrogen) atoms. The first-order valence-electron chi connectivity index (χ1n) is 3.95. The van der Waals surface area contributed by atoms with Crippen LogP contribution in [0.25, 0.3) is 0 Å². The van der Waals surface area contributed by atoms with Crippen LogP contribution in [0.1, 0.15) is 49.0 Å². The van der Waals surface area contributed by atoms with Gasteiger partial charge in [0.25, 0.3) is 0 Å². The lowest BCUT2D eigenvalue weighted by Gasteiger charge is -2.26. The molecule has 0 unspecified atom stereocenters. The predicted molar refractivity (Wildman–Crippen MR) is 54.1 cm³/mol. The summed E-state index contributed by atoms with van der Waals surface area (Å²) in [4.78, 5) is 11.4. The Kier molecular flexibility index (Phi) is 4.58. The van der Waals surface area contributed by atoms with Gasteiger partial charge in [-0.25, -0.2) is 0 Å². The van der Waals surface area contributed by atoms with Crippen LogP contribution in [0.2, 0.25) is 0 Å². The molecule has 0 saturated heterocycles. The Bertz CT molecular complexity index is 148. The Morgan fingerprint density at radius 2 is 1.33 bits per heavy atom. The molecule has 0 heterocycles. The van der Waals surface area contributed by atoms with E-state index in [0.29, 0.717) is 0 Å². The monoisotopic (exact) mass is 173 g/mol. The van der Waals surface area contributed by atoms with E-state index in [9.17, 15) is 4.79 Å². The number of amides is 1. The highest BCUT2D eigenvalue weighted by Gasteiger charge is 2.24. The van der Waals surface area contributed by atoms with Crippen molar-refractivity contribution in [1.29, 1.82) is 0 Å². The van der Waals surface area contributed by atoms with E-state index in [1.54, 1.807) is 0 Å². The van der Waals surface area contributed by atoms with Gasteiger partial charge in [0.15, 0.2) is 0 Å². The van der Waals surface area contributed by atoms with Crippen molar-refractivity contribution in [3.05, 3.63) is 0 Å². The van der Waals surface area contributed by atoms with Crippen molar-refractivity contribution in [3.8, 4) is 0 Å². The summed E-state index contributed by atoms with van der Waals surface area (Å²) in [5, 5.41) is 2.92. The van der Waals surface area contributed by atoms with Crippen LogP contribution in [0.15, 0.2) is 0 Å². The van der Waals surface area contributed by atoms with Crippen LogP contribution in [-0.2, 0) is 4.79 Å². The molecule has 0 atom stereocenters. The number of nitrogens with one attached hydrogen (secondary N) is 1. The Morgan fingerprint density at radius 3 is 1.42 bits per heavy atom. The summed E-state index contributed by atoms with van der Waals surface area (Å²) in [5.41, 5.74) is -0.405. The maximum Gasteiger partial charge on any atom is 0.225 e. The smallest absolute Gasteiger partial charge is 0.225 e. The molecule has 0 aromatic heterocycles. The van der Waals surface area contributed by atoms with E-state index < -0.39 is 0 Å². The third-order valence-corrected chi connectivity index (χ3v) is 1.17. The van der Waals surface area contributed by atoms with Crippen molar-refractivity contribution < 1.29 is 4.79 Å². The molecule has 0 fully saturated rings. The highest BCUT2D eigenvalue weighted by atomic mass is 16.2. The molecule has 1 N–H and O–H groups in total. The fraction of sp³-hybridized carbons (Fsp3) is 0.900. The molecule has 2 nitrogen and oxygen atoms in total. The Labute approximate surface area is 76.7 Å². The predicted octanol–water partition coefficient (Wildman–Crippen LogP) is 2.58. The molecule has 0 aliphatic carbocycles. The van der Waals surface area contributed by atoms with Gasteiger partial charge < -0.3 is 5.32 Å². The van der Waals surface area contributed by atoms with E-state index in [4.69, 9.17) is 0 Å². The van der Waals surface area contributed by atoms with Crippen molar-refractivity contribution in [2.75, 3.05) is 0 Å². The average Bonchev–Trinajstić information content (AvgIpc) is 1.56. The standard InChI is InChI=1S/C9H19NO.CH4/c1-8(2,3)7(11)10-9(4,5)6;/h1-6H3,(H,10,11);1H4. The maximum atomic E-state index is 11.4. The number of hydrogen-bond donors (Lipinski definition) is 1. The fourth-order valence-electron chi connectivity index (χ4n) is 0.528. The zero-order chi connectivity index (χ0) is 9.28. The summed E-state index contributed by atoms with van der Waals surface area (Å²) in [6.45, 7) is 11.7.